The van der Waals surface area contributed by atoms with Crippen LogP contribution in [0.15, 0.2) is 30.3 Å². The van der Waals surface area contributed by atoms with Crippen molar-refractivity contribution < 1.29 is 9.59 Å². The van der Waals surface area contributed by atoms with Crippen LogP contribution in [0.3, 0.4) is 0 Å². The third-order valence-electron chi connectivity index (χ3n) is 5.64. The summed E-state index contributed by atoms with van der Waals surface area (Å²) < 4.78 is 0. The first-order chi connectivity index (χ1) is 14.7. The molecule has 166 valence electrons. The summed E-state index contributed by atoms with van der Waals surface area (Å²) in [6.45, 7) is 10.9. The van der Waals surface area contributed by atoms with E-state index in [9.17, 15) is 9.59 Å². The summed E-state index contributed by atoms with van der Waals surface area (Å²) in [5.74, 6) is 0.396. The molecule has 1 saturated heterocycles. The fourth-order valence-electron chi connectivity index (χ4n) is 3.34. The predicted molar refractivity (Wildman–Crippen MR) is 123 cm³/mol. The number of aromatic nitrogens is 2. The van der Waals surface area contributed by atoms with E-state index < -0.39 is 5.91 Å². The molecule has 0 saturated carbocycles. The molecule has 4 N–H and O–H groups in total. The van der Waals surface area contributed by atoms with Gasteiger partial charge in [-0.05, 0) is 37.1 Å². The number of nitrogens with zero attached hydrogens (tertiary/aromatic N) is 4. The molecule has 1 aromatic heterocycles. The second-order valence-electron chi connectivity index (χ2n) is 8.20. The maximum atomic E-state index is 11.7. The average Bonchev–Trinajstić information content (AvgIpc) is 2.74. The summed E-state index contributed by atoms with van der Waals surface area (Å²) in [5, 5.41) is 14.6. The molecule has 2 aromatic rings. The first-order valence-electron chi connectivity index (χ1n) is 10.6. The Morgan fingerprint density at radius 1 is 1.03 bits per heavy atom. The van der Waals surface area contributed by atoms with Gasteiger partial charge in [0.25, 0.3) is 5.91 Å². The van der Waals surface area contributed by atoms with Crippen molar-refractivity contribution in [2.45, 2.75) is 33.7 Å². The van der Waals surface area contributed by atoms with Crippen molar-refractivity contribution in [1.29, 1.82) is 0 Å². The Labute approximate surface area is 183 Å². The van der Waals surface area contributed by atoms with Crippen LogP contribution in [0.1, 0.15) is 38.2 Å². The van der Waals surface area contributed by atoms with Crippen LogP contribution in [0.5, 0.6) is 0 Å². The number of hydrogen-bond donors (Lipinski definition) is 3. The zero-order chi connectivity index (χ0) is 22.5. The minimum Gasteiger partial charge on any atom is -0.380 e. The van der Waals surface area contributed by atoms with Crippen molar-refractivity contribution >= 4 is 34.7 Å². The van der Waals surface area contributed by atoms with E-state index in [1.54, 1.807) is 13.0 Å². The first-order valence-corrected chi connectivity index (χ1v) is 10.6. The molecule has 9 heteroatoms. The Morgan fingerprint density at radius 2 is 1.68 bits per heavy atom. The smallest absolute Gasteiger partial charge is 0.271 e. The summed E-state index contributed by atoms with van der Waals surface area (Å²) >= 11 is 0. The van der Waals surface area contributed by atoms with Crippen LogP contribution in [0.2, 0.25) is 0 Å². The normalized spacial score (nSPS) is 15.0. The van der Waals surface area contributed by atoms with Crippen LogP contribution in [0.4, 0.5) is 22.9 Å². The third-order valence-corrected chi connectivity index (χ3v) is 5.64. The van der Waals surface area contributed by atoms with E-state index in [-0.39, 0.29) is 17.6 Å². The molecule has 1 fully saturated rings. The molecule has 0 unspecified atom stereocenters. The van der Waals surface area contributed by atoms with Gasteiger partial charge in [-0.1, -0.05) is 13.8 Å². The van der Waals surface area contributed by atoms with Gasteiger partial charge in [-0.2, -0.15) is 0 Å². The van der Waals surface area contributed by atoms with Gasteiger partial charge in [-0.25, -0.2) is 0 Å². The highest BCUT2D eigenvalue weighted by Crippen LogP contribution is 2.24. The highest BCUT2D eigenvalue weighted by atomic mass is 16.2. The Morgan fingerprint density at radius 3 is 2.23 bits per heavy atom. The molecule has 1 aliphatic heterocycles. The van der Waals surface area contributed by atoms with Crippen LogP contribution in [0, 0.1) is 5.92 Å². The number of carbonyl (C=O) groups excluding carboxylic acids is 2. The van der Waals surface area contributed by atoms with Gasteiger partial charge < -0.3 is 26.2 Å². The number of piperazine rings is 1. The molecule has 0 radical (unpaired) electrons. The van der Waals surface area contributed by atoms with Gasteiger partial charge in [0.15, 0.2) is 11.5 Å². The van der Waals surface area contributed by atoms with E-state index in [1.165, 1.54) is 0 Å². The van der Waals surface area contributed by atoms with Gasteiger partial charge in [0.05, 0.1) is 5.69 Å². The van der Waals surface area contributed by atoms with Crippen LogP contribution in [-0.2, 0) is 4.79 Å². The number of carbonyl (C=O) groups is 2. The zero-order valence-corrected chi connectivity index (χ0v) is 18.6. The summed E-state index contributed by atoms with van der Waals surface area (Å²) in [6, 6.07) is 9.91. The molecule has 0 bridgehead atoms. The van der Waals surface area contributed by atoms with Gasteiger partial charge in [0.1, 0.15) is 0 Å². The fraction of sp³-hybridized carbons (Fsp3) is 0.455. The number of nitrogens with two attached hydrogens (primary N) is 1. The van der Waals surface area contributed by atoms with E-state index in [0.29, 0.717) is 17.4 Å². The molecule has 2 amide bonds. The van der Waals surface area contributed by atoms with Crippen molar-refractivity contribution in [1.82, 2.24) is 15.1 Å². The van der Waals surface area contributed by atoms with Gasteiger partial charge in [0.2, 0.25) is 5.91 Å². The molecule has 1 aromatic carbocycles. The molecular weight excluding hydrogens is 394 g/mol. The molecule has 1 atom stereocenters. The third kappa shape index (κ3) is 5.62. The average molecular weight is 426 g/mol. The number of amides is 2. The van der Waals surface area contributed by atoms with E-state index in [4.69, 9.17) is 5.73 Å². The second-order valence-corrected chi connectivity index (χ2v) is 8.20. The van der Waals surface area contributed by atoms with Gasteiger partial charge in [-0.3, -0.25) is 9.59 Å². The summed E-state index contributed by atoms with van der Waals surface area (Å²) in [7, 11) is 0. The van der Waals surface area contributed by atoms with Gasteiger partial charge in [0, 0.05) is 56.6 Å². The predicted octanol–water partition coefficient (Wildman–Crippen LogP) is 2.44. The minimum absolute atomic E-state index is 0.123. The molecule has 2 heterocycles. The molecular formula is C22H31N7O2. The van der Waals surface area contributed by atoms with Crippen LogP contribution < -0.4 is 21.3 Å². The lowest BCUT2D eigenvalue weighted by molar-refractivity contribution is -0.129. The van der Waals surface area contributed by atoms with Crippen molar-refractivity contribution in [3.8, 4) is 0 Å². The van der Waals surface area contributed by atoms with E-state index >= 15 is 0 Å². The maximum absolute atomic E-state index is 11.7. The quantitative estimate of drug-likeness (QED) is 0.624. The van der Waals surface area contributed by atoms with Gasteiger partial charge in [-0.15, -0.1) is 10.2 Å². The lowest BCUT2D eigenvalue weighted by atomic mass is 10.1. The Bertz CT molecular complexity index is 922. The SMILES string of the molecule is CC(=O)N1CCN(c2ccc(Nc3cc(N[C@H](C)C(C)C)c(C(N)=O)nn3)cc2)CC1. The van der Waals surface area contributed by atoms with Crippen molar-refractivity contribution in [3.05, 3.63) is 36.0 Å². The lowest BCUT2D eigenvalue weighted by Gasteiger charge is -2.35. The molecule has 0 spiro atoms. The molecule has 0 aliphatic carbocycles. The largest absolute Gasteiger partial charge is 0.380 e. The van der Waals surface area contributed by atoms with Crippen molar-refractivity contribution in [3.63, 3.8) is 0 Å². The Balaban J connectivity index is 1.69. The second kappa shape index (κ2) is 9.63. The van der Waals surface area contributed by atoms with Crippen LogP contribution in [-0.4, -0.2) is 59.1 Å². The first kappa shape index (κ1) is 22.3. The lowest BCUT2D eigenvalue weighted by Crippen LogP contribution is -2.48. The maximum Gasteiger partial charge on any atom is 0.271 e. The topological polar surface area (TPSA) is 116 Å². The monoisotopic (exact) mass is 425 g/mol. The highest BCUT2D eigenvalue weighted by Gasteiger charge is 2.19. The Hall–Kier alpha value is -3.36. The van der Waals surface area contributed by atoms with Crippen LogP contribution >= 0.6 is 0 Å². The van der Waals surface area contributed by atoms with Crippen LogP contribution in [0.25, 0.3) is 0 Å². The van der Waals surface area contributed by atoms with Crippen molar-refractivity contribution in [2.24, 2.45) is 11.7 Å². The Kier molecular flexibility index (Phi) is 6.94. The van der Waals surface area contributed by atoms with E-state index in [1.807, 2.05) is 36.1 Å². The van der Waals surface area contributed by atoms with E-state index in [2.05, 4.69) is 39.6 Å². The minimum atomic E-state index is -0.619. The van der Waals surface area contributed by atoms with Gasteiger partial charge >= 0.3 is 0 Å². The fourth-order valence-corrected chi connectivity index (χ4v) is 3.34. The number of benzene rings is 1. The summed E-state index contributed by atoms with van der Waals surface area (Å²) in [5.41, 5.74) is 8.10. The number of rotatable bonds is 7. The summed E-state index contributed by atoms with van der Waals surface area (Å²) in [6.07, 6.45) is 0. The zero-order valence-electron chi connectivity index (χ0n) is 18.6. The number of hydrogen-bond acceptors (Lipinski definition) is 7. The number of anilines is 4. The van der Waals surface area contributed by atoms with Crippen molar-refractivity contribution in [2.75, 3.05) is 41.7 Å². The standard InChI is InChI=1S/C22H31N7O2/c1-14(2)15(3)24-19-13-20(26-27-21(19)22(23)31)25-17-5-7-18(8-6-17)29-11-9-28(10-12-29)16(4)30/h5-8,13-15H,9-12H2,1-4H3,(H2,23,31)(H2,24,25,26)/t15-/m1/s1. The molecule has 3 rings (SSSR count). The number of nitrogens with one attached hydrogen (secondary N) is 2. The highest BCUT2D eigenvalue weighted by molar-refractivity contribution is 5.96. The van der Waals surface area contributed by atoms with E-state index in [0.717, 1.165) is 37.6 Å². The molecule has 1 aliphatic rings. The molecule has 9 nitrogen and oxygen atoms in total. The summed E-state index contributed by atoms with van der Waals surface area (Å²) in [4.78, 5) is 27.3. The molecule has 31 heavy (non-hydrogen) atoms. The number of primary amides is 1.